The van der Waals surface area contributed by atoms with Gasteiger partial charge in [-0.15, -0.1) is 0 Å². The summed E-state index contributed by atoms with van der Waals surface area (Å²) >= 11 is 0. The third-order valence-corrected chi connectivity index (χ3v) is 4.93. The zero-order valence-corrected chi connectivity index (χ0v) is 17.5. The van der Waals surface area contributed by atoms with Crippen LogP contribution in [0.25, 0.3) is 0 Å². The molecule has 0 fully saturated rings. The lowest BCUT2D eigenvalue weighted by Gasteiger charge is -2.30. The molecule has 1 aromatic rings. The Hall–Kier alpha value is -3.20. The first kappa shape index (κ1) is 23.1. The van der Waals surface area contributed by atoms with Gasteiger partial charge in [0, 0.05) is 19.0 Å². The van der Waals surface area contributed by atoms with Crippen LogP contribution in [0, 0.1) is 0 Å². The molecule has 0 bridgehead atoms. The molecule has 0 aromatic heterocycles. The van der Waals surface area contributed by atoms with Gasteiger partial charge in [0.05, 0.1) is 20.6 Å². The number of nitrogens with zero attached hydrogens (tertiary/aromatic N) is 2. The zero-order valence-electron chi connectivity index (χ0n) is 17.5. The zero-order chi connectivity index (χ0) is 22.3. The van der Waals surface area contributed by atoms with Crippen LogP contribution in [-0.2, 0) is 30.4 Å². The topological polar surface area (TPSA) is 115 Å². The highest BCUT2D eigenvalue weighted by molar-refractivity contribution is 6.07. The van der Waals surface area contributed by atoms with Crippen molar-refractivity contribution in [2.45, 2.75) is 38.5 Å². The summed E-state index contributed by atoms with van der Waals surface area (Å²) in [7, 11) is 4.03. The molecule has 0 saturated heterocycles. The molecule has 0 aliphatic carbocycles. The summed E-state index contributed by atoms with van der Waals surface area (Å²) in [5, 5.41) is 11.0. The van der Waals surface area contributed by atoms with E-state index in [1.165, 1.54) is 33.1 Å². The van der Waals surface area contributed by atoms with Gasteiger partial charge < -0.3 is 24.2 Å². The highest BCUT2D eigenvalue weighted by atomic mass is 16.5. The second kappa shape index (κ2) is 10.0. The van der Waals surface area contributed by atoms with Gasteiger partial charge >= 0.3 is 18.0 Å². The van der Waals surface area contributed by atoms with E-state index in [9.17, 15) is 19.5 Å². The fraction of sp³-hybridized carbons (Fsp3) is 0.429. The summed E-state index contributed by atoms with van der Waals surface area (Å²) in [6.45, 7) is 1.51. The summed E-state index contributed by atoms with van der Waals surface area (Å²) < 4.78 is 14.6. The molecule has 1 heterocycles. The first-order chi connectivity index (χ1) is 14.2. The quantitative estimate of drug-likeness (QED) is 0.529. The van der Waals surface area contributed by atoms with Crippen molar-refractivity contribution >= 4 is 23.9 Å². The number of carbonyl (C=O) groups excluding carboxylic acids is 3. The first-order valence-electron chi connectivity index (χ1n) is 9.32. The van der Waals surface area contributed by atoms with Crippen LogP contribution in [0.3, 0.4) is 0 Å². The van der Waals surface area contributed by atoms with E-state index in [1.54, 1.807) is 0 Å². The van der Waals surface area contributed by atoms with Crippen LogP contribution in [0.1, 0.15) is 31.7 Å². The molecule has 1 atom stereocenters. The van der Waals surface area contributed by atoms with Crippen LogP contribution in [0.15, 0.2) is 46.5 Å². The molecule has 9 nitrogen and oxygen atoms in total. The average molecular weight is 418 g/mol. The molecule has 1 N–H and O–H groups in total. The fourth-order valence-electron chi connectivity index (χ4n) is 3.09. The number of benzene rings is 1. The Morgan fingerprint density at radius 1 is 1.10 bits per heavy atom. The van der Waals surface area contributed by atoms with Crippen molar-refractivity contribution in [3.05, 3.63) is 47.0 Å². The second-order valence-corrected chi connectivity index (χ2v) is 6.84. The minimum absolute atomic E-state index is 0.0154. The molecule has 0 spiro atoms. The van der Waals surface area contributed by atoms with Gasteiger partial charge in [0.2, 0.25) is 0 Å². The lowest BCUT2D eigenvalue weighted by molar-refractivity contribution is -0.141. The van der Waals surface area contributed by atoms with Gasteiger partial charge in [0.25, 0.3) is 0 Å². The summed E-state index contributed by atoms with van der Waals surface area (Å²) in [4.78, 5) is 41.2. The maximum Gasteiger partial charge on any atom is 0.435 e. The number of aliphatic imine (C=N–C) groups is 1. The van der Waals surface area contributed by atoms with E-state index >= 15 is 0 Å². The van der Waals surface area contributed by atoms with Crippen molar-refractivity contribution in [2.75, 3.05) is 21.3 Å². The predicted octanol–water partition coefficient (Wildman–Crippen LogP) is 2.19. The first-order valence-corrected chi connectivity index (χ1v) is 9.32. The Bertz CT molecular complexity index is 859. The molecule has 30 heavy (non-hydrogen) atoms. The minimum atomic E-state index is -1.60. The number of esters is 2. The molecule has 0 saturated carbocycles. The number of rotatable bonds is 7. The van der Waals surface area contributed by atoms with E-state index in [1.807, 2.05) is 30.3 Å². The van der Waals surface area contributed by atoms with E-state index in [0.717, 1.165) is 5.56 Å². The normalized spacial score (nSPS) is 19.8. The maximum atomic E-state index is 12.3. The predicted molar refractivity (Wildman–Crippen MR) is 107 cm³/mol. The summed E-state index contributed by atoms with van der Waals surface area (Å²) in [5.41, 5.74) is -0.103. The van der Waals surface area contributed by atoms with Crippen LogP contribution in [0.4, 0.5) is 4.79 Å². The largest absolute Gasteiger partial charge is 0.469 e. The second-order valence-electron chi connectivity index (χ2n) is 6.84. The molecule has 1 aliphatic rings. The molecule has 1 unspecified atom stereocenters. The van der Waals surface area contributed by atoms with E-state index in [4.69, 9.17) is 9.47 Å². The van der Waals surface area contributed by atoms with E-state index < -0.39 is 23.8 Å². The Kier molecular flexibility index (Phi) is 7.71. The highest BCUT2D eigenvalue weighted by Gasteiger charge is 2.44. The van der Waals surface area contributed by atoms with Gasteiger partial charge in [-0.3, -0.25) is 9.59 Å². The van der Waals surface area contributed by atoms with Gasteiger partial charge in [-0.25, -0.2) is 4.79 Å². The number of hydrogen-bond donors (Lipinski definition) is 1. The lowest BCUT2D eigenvalue weighted by atomic mass is 9.96. The van der Waals surface area contributed by atoms with Crippen LogP contribution >= 0.6 is 0 Å². The van der Waals surface area contributed by atoms with E-state index in [2.05, 4.69) is 9.73 Å². The molecule has 1 aliphatic heterocycles. The molecular weight excluding hydrogens is 392 g/mol. The Labute approximate surface area is 174 Å². The maximum absolute atomic E-state index is 12.3. The summed E-state index contributed by atoms with van der Waals surface area (Å²) in [5.74, 6) is -0.914. The lowest BCUT2D eigenvalue weighted by Crippen LogP contribution is -2.43. The number of amidine groups is 1. The molecule has 0 radical (unpaired) electrons. The third kappa shape index (κ3) is 5.44. The van der Waals surface area contributed by atoms with Gasteiger partial charge in [-0.2, -0.15) is 4.99 Å². The molecule has 9 heteroatoms. The van der Waals surface area contributed by atoms with Gasteiger partial charge in [-0.1, -0.05) is 30.3 Å². The van der Waals surface area contributed by atoms with Crippen molar-refractivity contribution in [3.8, 4) is 0 Å². The van der Waals surface area contributed by atoms with Crippen LogP contribution in [0.5, 0.6) is 0 Å². The smallest absolute Gasteiger partial charge is 0.435 e. The monoisotopic (exact) mass is 418 g/mol. The number of amides is 1. The van der Waals surface area contributed by atoms with Gasteiger partial charge in [0.1, 0.15) is 12.4 Å². The number of ether oxygens (including phenoxy) is 3. The van der Waals surface area contributed by atoms with Crippen LogP contribution < -0.4 is 0 Å². The fourth-order valence-corrected chi connectivity index (χ4v) is 3.09. The molecule has 2 rings (SSSR count). The van der Waals surface area contributed by atoms with Gasteiger partial charge in [-0.05, 0) is 24.5 Å². The SMILES string of the molecule is COC(=O)CCC1=C(CC(=O)OC)C(C)(O)N(C)/C1=N\C(=O)OCc1ccccc1. The third-order valence-electron chi connectivity index (χ3n) is 4.93. The minimum Gasteiger partial charge on any atom is -0.469 e. The summed E-state index contributed by atoms with van der Waals surface area (Å²) in [6.07, 6.45) is -0.975. The molecule has 1 amide bonds. The summed E-state index contributed by atoms with van der Waals surface area (Å²) in [6, 6.07) is 9.11. The van der Waals surface area contributed by atoms with Crippen molar-refractivity contribution in [3.63, 3.8) is 0 Å². The van der Waals surface area contributed by atoms with Crippen molar-refractivity contribution in [1.82, 2.24) is 4.90 Å². The average Bonchev–Trinajstić information content (AvgIpc) is 2.91. The Morgan fingerprint density at radius 2 is 1.73 bits per heavy atom. The van der Waals surface area contributed by atoms with Crippen LogP contribution in [0.2, 0.25) is 0 Å². The van der Waals surface area contributed by atoms with Crippen molar-refractivity contribution < 1.29 is 33.7 Å². The molecule has 162 valence electrons. The standard InChI is InChI=1S/C21H26N2O7/c1-21(27)16(12-18(25)29-4)15(10-11-17(24)28-3)19(23(21)2)22-20(26)30-13-14-8-6-5-7-9-14/h5-9,27H,10-13H2,1-4H3/b22-19-. The van der Waals surface area contributed by atoms with E-state index in [0.29, 0.717) is 11.1 Å². The number of hydrogen-bond acceptors (Lipinski definition) is 7. The van der Waals surface area contributed by atoms with Gasteiger partial charge in [0.15, 0.2) is 5.72 Å². The number of aliphatic hydroxyl groups is 1. The molecule has 1 aromatic carbocycles. The Morgan fingerprint density at radius 3 is 2.33 bits per heavy atom. The van der Waals surface area contributed by atoms with Crippen molar-refractivity contribution in [2.24, 2.45) is 4.99 Å². The van der Waals surface area contributed by atoms with Crippen molar-refractivity contribution in [1.29, 1.82) is 0 Å². The van der Waals surface area contributed by atoms with Crippen LogP contribution in [-0.4, -0.2) is 60.9 Å². The molecular formula is C21H26N2O7. The number of carbonyl (C=O) groups is 3. The number of methoxy groups -OCH3 is 2. The Balaban J connectivity index is 2.32. The van der Waals surface area contributed by atoms with E-state index in [-0.39, 0.29) is 31.7 Å². The highest BCUT2D eigenvalue weighted by Crippen LogP contribution is 2.37. The number of likely N-dealkylation sites (N-methyl/N-ethyl adjacent to an activating group) is 1.